The number of aldehydes is 1. The number of halogens is 3. The van der Waals surface area contributed by atoms with Gasteiger partial charge in [-0.3, -0.25) is 48.8 Å². The number of carbonyl (C=O) groups is 6. The Bertz CT molecular complexity index is 7410. The van der Waals surface area contributed by atoms with E-state index in [1.54, 1.807) is 49.2 Å². The number of aromatic amines is 1. The van der Waals surface area contributed by atoms with Gasteiger partial charge < -0.3 is 41.3 Å². The van der Waals surface area contributed by atoms with Gasteiger partial charge in [-0.05, 0) is 310 Å². The number of hydrogen-bond donors (Lipinski definition) is 6. The number of amides is 5. The zero-order chi connectivity index (χ0) is 96.1. The monoisotopic (exact) mass is 1800 g/mol. The highest BCUT2D eigenvalue weighted by Gasteiger charge is 2.31. The van der Waals surface area contributed by atoms with Gasteiger partial charge in [-0.2, -0.15) is 18.3 Å². The number of carbonyl (C=O) groups excluding carboxylic acids is 6. The molecule has 136 heavy (non-hydrogen) atoms. The van der Waals surface area contributed by atoms with Gasteiger partial charge in [0.2, 0.25) is 0 Å². The molecule has 4 aromatic heterocycles. The number of rotatable bonds is 19. The molecule has 0 aliphatic carbocycles. The van der Waals surface area contributed by atoms with Crippen LogP contribution in [0.3, 0.4) is 0 Å². The number of nitrogens with one attached hydrogen (secondary N) is 6. The molecular weight excluding hydrogens is 1700 g/mol. The van der Waals surface area contributed by atoms with Crippen LogP contribution >= 0.6 is 0 Å². The molecule has 0 aliphatic rings. The van der Waals surface area contributed by atoms with Crippen LogP contribution in [-0.4, -0.2) is 103 Å². The molecule has 0 spiro atoms. The first-order valence-electron chi connectivity index (χ1n) is 43.8. The molecule has 18 aromatic rings. The van der Waals surface area contributed by atoms with E-state index in [2.05, 4.69) is 121 Å². The van der Waals surface area contributed by atoms with Crippen molar-refractivity contribution in [3.8, 4) is 55.6 Å². The maximum atomic E-state index is 12.9. The van der Waals surface area contributed by atoms with Crippen molar-refractivity contribution in [2.24, 2.45) is 0 Å². The molecule has 5 amide bonds. The summed E-state index contributed by atoms with van der Waals surface area (Å²) in [5, 5.41) is 27.6. The third-order valence-corrected chi connectivity index (χ3v) is 22.8. The Morgan fingerprint density at radius 2 is 0.603 bits per heavy atom. The van der Waals surface area contributed by atoms with E-state index in [9.17, 15) is 41.9 Å². The summed E-state index contributed by atoms with van der Waals surface area (Å²) in [4.78, 5) is 92.3. The minimum absolute atomic E-state index is 0.0521. The highest BCUT2D eigenvalue weighted by atomic mass is 19.4. The summed E-state index contributed by atoms with van der Waals surface area (Å²) in [5.41, 5.74) is 24.6. The van der Waals surface area contributed by atoms with E-state index >= 15 is 0 Å². The summed E-state index contributed by atoms with van der Waals surface area (Å²) in [6, 6.07) is 98.4. The lowest BCUT2D eigenvalue weighted by Gasteiger charge is -2.14. The minimum atomic E-state index is -4.50. The Labute approximate surface area is 787 Å². The lowest BCUT2D eigenvalue weighted by Crippen LogP contribution is -2.14. The van der Waals surface area contributed by atoms with E-state index in [0.717, 1.165) is 163 Å². The molecule has 0 unspecified atom stereocenters. The maximum Gasteiger partial charge on any atom is 0.416 e. The molecular formula is C114H100F3N13O6. The van der Waals surface area contributed by atoms with Crippen molar-refractivity contribution in [1.29, 1.82) is 0 Å². The topological polar surface area (TPSA) is 240 Å². The molecule has 0 atom stereocenters. The predicted octanol–water partition coefficient (Wildman–Crippen LogP) is 26.0. The highest BCUT2D eigenvalue weighted by Crippen LogP contribution is 2.37. The van der Waals surface area contributed by atoms with Gasteiger partial charge in [-0.15, -0.1) is 0 Å². The number of benzene rings is 14. The molecule has 0 saturated heterocycles. The van der Waals surface area contributed by atoms with Gasteiger partial charge in [0.1, 0.15) is 6.29 Å². The van der Waals surface area contributed by atoms with Crippen LogP contribution in [0.2, 0.25) is 0 Å². The van der Waals surface area contributed by atoms with Crippen molar-refractivity contribution in [3.05, 3.63) is 432 Å². The zero-order valence-electron chi connectivity index (χ0n) is 76.9. The lowest BCUT2D eigenvalue weighted by atomic mass is 9.98. The first-order valence-corrected chi connectivity index (χ1v) is 43.8. The largest absolute Gasteiger partial charge is 0.416 e. The van der Waals surface area contributed by atoms with E-state index < -0.39 is 17.6 Å². The minimum Gasteiger partial charge on any atom is -0.378 e. The maximum absolute atomic E-state index is 12.9. The molecule has 678 valence electrons. The Morgan fingerprint density at radius 3 is 0.926 bits per heavy atom. The first kappa shape index (κ1) is 94.8. The summed E-state index contributed by atoms with van der Waals surface area (Å²) in [7, 11) is 11.7. The summed E-state index contributed by atoms with van der Waals surface area (Å²) < 4.78 is 38.8. The van der Waals surface area contributed by atoms with Crippen LogP contribution in [0.1, 0.15) is 95.5 Å². The molecule has 18 rings (SSSR count). The molecule has 6 N–H and O–H groups in total. The van der Waals surface area contributed by atoms with Crippen molar-refractivity contribution < 1.29 is 41.9 Å². The molecule has 0 aliphatic heterocycles. The highest BCUT2D eigenvalue weighted by molar-refractivity contribution is 6.09. The molecule has 4 heterocycles. The van der Waals surface area contributed by atoms with Gasteiger partial charge >= 0.3 is 6.18 Å². The second-order valence-electron chi connectivity index (χ2n) is 33.2. The van der Waals surface area contributed by atoms with Crippen LogP contribution in [-0.2, 0) is 6.18 Å². The number of H-pyrrole nitrogens is 1. The number of aromatic nitrogens is 5. The van der Waals surface area contributed by atoms with Crippen molar-refractivity contribution in [2.75, 3.05) is 83.6 Å². The Kier molecular flexibility index (Phi) is 30.4. The number of hydrogen-bond acceptors (Lipinski definition) is 13. The predicted molar refractivity (Wildman–Crippen MR) is 546 cm³/mol. The zero-order valence-corrected chi connectivity index (χ0v) is 76.9. The van der Waals surface area contributed by atoms with Crippen LogP contribution in [0, 0.1) is 34.6 Å². The van der Waals surface area contributed by atoms with Crippen LogP contribution in [0.15, 0.2) is 365 Å². The van der Waals surface area contributed by atoms with E-state index in [1.165, 1.54) is 23.9 Å². The Hall–Kier alpha value is -17.3. The second kappa shape index (κ2) is 43.6. The summed E-state index contributed by atoms with van der Waals surface area (Å²) in [5.74, 6) is -1.17. The summed E-state index contributed by atoms with van der Waals surface area (Å²) in [6.45, 7) is 10.2. The van der Waals surface area contributed by atoms with E-state index in [4.69, 9.17) is 0 Å². The molecule has 19 nitrogen and oxygen atoms in total. The lowest BCUT2D eigenvalue weighted by molar-refractivity contribution is -0.137. The summed E-state index contributed by atoms with van der Waals surface area (Å²) in [6.07, 6.45) is 10.2. The molecule has 22 heteroatoms. The van der Waals surface area contributed by atoms with Gasteiger partial charge in [-0.1, -0.05) is 140 Å². The molecule has 0 saturated carbocycles. The third-order valence-electron chi connectivity index (χ3n) is 22.8. The summed E-state index contributed by atoms with van der Waals surface area (Å²) >= 11 is 0. The SMILES string of the molecule is Cc1ccc(NC(=O)c2cccc(C(F)(F)F)c2)cc1-c1ccc2ccncc2c1.Cc1ccc(NC(=O)c2cccc(N(C)C)c2)cc1-c1ccc2ccncc2c1.Cc1ccc(NC(=O)c2cccc(N(C)C)c2)cc1-c1cccc(C=O)c1.Cc1ccc(NC(=O)c2cccc(N(C)C)c2)cc1-c1ccccc1.Cc1ccc(NC(=O)c2cn[nH]c2)cc1-c1ccc2ccncc2c1. The van der Waals surface area contributed by atoms with Gasteiger partial charge in [0.25, 0.3) is 29.5 Å². The molecule has 0 bridgehead atoms. The fourth-order valence-corrected chi connectivity index (χ4v) is 15.2. The van der Waals surface area contributed by atoms with Crippen molar-refractivity contribution in [1.82, 2.24) is 25.1 Å². The molecule has 0 fully saturated rings. The Balaban J connectivity index is 0.000000136. The van der Waals surface area contributed by atoms with Gasteiger partial charge in [0.05, 0.1) is 17.3 Å². The molecule has 14 aromatic carbocycles. The third kappa shape index (κ3) is 24.5. The van der Waals surface area contributed by atoms with Crippen LogP contribution in [0.25, 0.3) is 88.0 Å². The average Bonchev–Trinajstić information content (AvgIpc) is 0.951. The van der Waals surface area contributed by atoms with Gasteiger partial charge in [0.15, 0.2) is 0 Å². The number of alkyl halides is 3. The smallest absolute Gasteiger partial charge is 0.378 e. The van der Waals surface area contributed by atoms with Crippen molar-refractivity contribution in [3.63, 3.8) is 0 Å². The fraction of sp³-hybridized carbons (Fsp3) is 0.105. The number of fused-ring (bicyclic) bond motifs is 3. The second-order valence-corrected chi connectivity index (χ2v) is 33.2. The number of pyridine rings is 3. The van der Waals surface area contributed by atoms with Gasteiger partial charge in [0, 0.05) is 175 Å². The van der Waals surface area contributed by atoms with E-state index in [1.807, 2.05) is 308 Å². The van der Waals surface area contributed by atoms with E-state index in [-0.39, 0.29) is 29.2 Å². The number of anilines is 8. The first-order chi connectivity index (χ1) is 65.5. The molecule has 0 radical (unpaired) electrons. The number of aryl methyl sites for hydroxylation is 5. The standard InChI is InChI=1S/C25H23N3O.C24H17F3N2O.C23H22N2O2.C22H22N2O.C20H16N4O/c1-17-7-10-22(27-25(29)20-5-4-6-23(14-20)28(2)3)15-24(17)19-9-8-18-11-12-26-16-21(18)13-19;1-15-5-8-21(29-23(30)18-3-2-4-20(12-18)24(25,26)27)13-22(15)17-7-6-16-9-10-28-14-19(16)11-17;1-16-10-11-20(14-22(16)18-7-4-6-17(12-18)15-26)24-23(27)19-8-5-9-21(13-19)25(2)3;1-16-12-13-19(15-21(16)17-8-5-4-6-9-17)23-22(25)18-10-7-11-20(14-18)24(2)3;1-13-2-5-18(24-20(25)17-11-22-23-12-17)9-19(13)15-4-3-14-6-7-21-10-16(14)8-15/h4-16H,1-3H3,(H,27,29);2-14H,1H3,(H,29,30);4-15H,1-3H3,(H,24,27);4-15H,1-3H3,(H,23,25);2-12H,1H3,(H,22,23)(H,24,25). The normalized spacial score (nSPS) is 10.8. The van der Waals surface area contributed by atoms with Crippen molar-refractivity contribution >= 4 is 114 Å². The van der Waals surface area contributed by atoms with Crippen molar-refractivity contribution in [2.45, 2.75) is 40.8 Å². The van der Waals surface area contributed by atoms with E-state index in [0.29, 0.717) is 39.2 Å². The van der Waals surface area contributed by atoms with Crippen LogP contribution in [0.5, 0.6) is 0 Å². The fourth-order valence-electron chi connectivity index (χ4n) is 15.2. The quantitative estimate of drug-likeness (QED) is 0.0414. The van der Waals surface area contributed by atoms with Crippen LogP contribution in [0.4, 0.5) is 58.7 Å². The average molecular weight is 1810 g/mol. The Morgan fingerprint density at radius 1 is 0.294 bits per heavy atom. The number of nitrogens with zero attached hydrogens (tertiary/aromatic N) is 7. The van der Waals surface area contributed by atoms with Crippen LogP contribution < -0.4 is 41.3 Å². The van der Waals surface area contributed by atoms with Gasteiger partial charge in [-0.25, -0.2) is 0 Å².